The molecule has 0 atom stereocenters. The lowest BCUT2D eigenvalue weighted by Crippen LogP contribution is -2.05. The molecule has 96 valence electrons. The van der Waals surface area contributed by atoms with Crippen LogP contribution in [0.3, 0.4) is 0 Å². The van der Waals surface area contributed by atoms with Gasteiger partial charge >= 0.3 is 6.18 Å². The molecule has 0 radical (unpaired) electrons. The molecule has 0 nitrogen and oxygen atoms in total. The molecule has 0 aliphatic rings. The average Bonchev–Trinajstić information content (AvgIpc) is 2.34. The van der Waals surface area contributed by atoms with E-state index in [0.29, 0.717) is 15.8 Å². The molecule has 0 aliphatic heterocycles. The highest BCUT2D eigenvalue weighted by Crippen LogP contribution is 2.36. The molecule has 3 aromatic rings. The normalized spacial score (nSPS) is 12.2. The number of rotatable bonds is 0. The summed E-state index contributed by atoms with van der Waals surface area (Å²) in [5.74, 6) is 0. The highest BCUT2D eigenvalue weighted by Gasteiger charge is 2.32. The zero-order chi connectivity index (χ0) is 13.6. The van der Waals surface area contributed by atoms with Crippen molar-refractivity contribution in [1.29, 1.82) is 0 Å². The molecule has 0 aliphatic carbocycles. The first-order valence-corrected chi connectivity index (χ1v) is 6.02. The Morgan fingerprint density at radius 2 is 1.58 bits per heavy atom. The van der Waals surface area contributed by atoms with Crippen molar-refractivity contribution in [2.24, 2.45) is 0 Å². The van der Waals surface area contributed by atoms with Crippen molar-refractivity contribution < 1.29 is 13.2 Å². The van der Waals surface area contributed by atoms with Crippen LogP contribution in [-0.4, -0.2) is 0 Å². The second-order valence-electron chi connectivity index (χ2n) is 4.37. The smallest absolute Gasteiger partial charge is 0.166 e. The monoisotopic (exact) mass is 280 g/mol. The summed E-state index contributed by atoms with van der Waals surface area (Å²) >= 11 is 5.88. The molecule has 3 aromatic carbocycles. The summed E-state index contributed by atoms with van der Waals surface area (Å²) in [6.45, 7) is 0. The first-order valence-electron chi connectivity index (χ1n) is 5.64. The fraction of sp³-hybridized carbons (Fsp3) is 0.0667. The largest absolute Gasteiger partial charge is 0.417 e. The molecular weight excluding hydrogens is 273 g/mol. The zero-order valence-corrected chi connectivity index (χ0v) is 10.4. The molecule has 0 aromatic heterocycles. The summed E-state index contributed by atoms with van der Waals surface area (Å²) in [6.07, 6.45) is -4.36. The standard InChI is InChI=1S/C15H8ClF3/c16-12-5-4-9-6-10-2-1-3-14(15(17,18)19)13(10)8-11(9)7-12/h1-8H. The lowest BCUT2D eigenvalue weighted by molar-refractivity contribution is -0.136. The number of fused-ring (bicyclic) bond motifs is 2. The number of hydrogen-bond acceptors (Lipinski definition) is 0. The first-order chi connectivity index (χ1) is 8.95. The van der Waals surface area contributed by atoms with E-state index < -0.39 is 11.7 Å². The zero-order valence-electron chi connectivity index (χ0n) is 9.63. The third kappa shape index (κ3) is 2.15. The summed E-state index contributed by atoms with van der Waals surface area (Å²) in [7, 11) is 0. The van der Waals surface area contributed by atoms with Gasteiger partial charge in [-0.05, 0) is 51.9 Å². The maximum absolute atomic E-state index is 13.0. The Morgan fingerprint density at radius 3 is 2.32 bits per heavy atom. The van der Waals surface area contributed by atoms with E-state index in [4.69, 9.17) is 11.6 Å². The Labute approximate surface area is 112 Å². The molecule has 0 heterocycles. The van der Waals surface area contributed by atoms with Gasteiger partial charge in [-0.25, -0.2) is 0 Å². The molecule has 0 unspecified atom stereocenters. The van der Waals surface area contributed by atoms with Crippen LogP contribution in [0.4, 0.5) is 13.2 Å². The van der Waals surface area contributed by atoms with Crippen LogP contribution in [0.25, 0.3) is 21.5 Å². The van der Waals surface area contributed by atoms with E-state index in [-0.39, 0.29) is 5.39 Å². The molecule has 0 N–H and O–H groups in total. The van der Waals surface area contributed by atoms with Crippen molar-refractivity contribution in [3.8, 4) is 0 Å². The number of hydrogen-bond donors (Lipinski definition) is 0. The van der Waals surface area contributed by atoms with Gasteiger partial charge in [-0.3, -0.25) is 0 Å². The van der Waals surface area contributed by atoms with Crippen LogP contribution in [-0.2, 0) is 6.18 Å². The summed E-state index contributed by atoms with van der Waals surface area (Å²) in [5, 5.41) is 2.86. The molecule has 0 fully saturated rings. The van der Waals surface area contributed by atoms with Crippen LogP contribution in [0.2, 0.25) is 5.02 Å². The second-order valence-corrected chi connectivity index (χ2v) is 4.80. The summed E-state index contributed by atoms with van der Waals surface area (Å²) < 4.78 is 38.9. The lowest BCUT2D eigenvalue weighted by Gasteiger charge is -2.11. The van der Waals surface area contributed by atoms with Gasteiger partial charge in [-0.15, -0.1) is 0 Å². The van der Waals surface area contributed by atoms with Gasteiger partial charge in [-0.2, -0.15) is 13.2 Å². The minimum Gasteiger partial charge on any atom is -0.166 e. The van der Waals surface area contributed by atoms with E-state index in [1.807, 2.05) is 0 Å². The van der Waals surface area contributed by atoms with Crippen LogP contribution in [0, 0.1) is 0 Å². The maximum atomic E-state index is 13.0. The van der Waals surface area contributed by atoms with Gasteiger partial charge in [0.2, 0.25) is 0 Å². The summed E-state index contributed by atoms with van der Waals surface area (Å²) in [6, 6.07) is 12.7. The third-order valence-corrected chi connectivity index (χ3v) is 3.34. The Kier molecular flexibility index (Phi) is 2.68. The van der Waals surface area contributed by atoms with Crippen LogP contribution < -0.4 is 0 Å². The minimum absolute atomic E-state index is 0.199. The van der Waals surface area contributed by atoms with Crippen molar-refractivity contribution in [2.45, 2.75) is 6.18 Å². The first kappa shape index (κ1) is 12.3. The van der Waals surface area contributed by atoms with E-state index in [1.165, 1.54) is 6.07 Å². The van der Waals surface area contributed by atoms with Crippen molar-refractivity contribution in [3.63, 3.8) is 0 Å². The molecule has 4 heteroatoms. The maximum Gasteiger partial charge on any atom is 0.417 e. The van der Waals surface area contributed by atoms with Gasteiger partial charge in [0.05, 0.1) is 5.56 Å². The van der Waals surface area contributed by atoms with Crippen LogP contribution in [0.15, 0.2) is 48.5 Å². The Hall–Kier alpha value is -1.74. The third-order valence-electron chi connectivity index (χ3n) is 3.10. The van der Waals surface area contributed by atoms with Gasteiger partial charge < -0.3 is 0 Å². The molecule has 0 saturated carbocycles. The topological polar surface area (TPSA) is 0 Å². The van der Waals surface area contributed by atoms with Crippen molar-refractivity contribution in [2.75, 3.05) is 0 Å². The summed E-state index contributed by atoms with van der Waals surface area (Å²) in [4.78, 5) is 0. The van der Waals surface area contributed by atoms with Crippen LogP contribution in [0.5, 0.6) is 0 Å². The average molecular weight is 281 g/mol. The fourth-order valence-corrected chi connectivity index (χ4v) is 2.42. The number of halogens is 4. The van der Waals surface area contributed by atoms with Crippen molar-refractivity contribution in [3.05, 3.63) is 59.1 Å². The highest BCUT2D eigenvalue weighted by molar-refractivity contribution is 6.31. The van der Waals surface area contributed by atoms with E-state index >= 15 is 0 Å². The quantitative estimate of drug-likeness (QED) is 0.466. The van der Waals surface area contributed by atoms with E-state index in [2.05, 4.69) is 0 Å². The number of benzene rings is 3. The summed E-state index contributed by atoms with van der Waals surface area (Å²) in [5.41, 5.74) is -0.619. The number of alkyl halides is 3. The van der Waals surface area contributed by atoms with Crippen molar-refractivity contribution in [1.82, 2.24) is 0 Å². The van der Waals surface area contributed by atoms with Gasteiger partial charge in [0.25, 0.3) is 0 Å². The Balaban J connectivity index is 2.42. The molecule has 0 amide bonds. The molecule has 3 rings (SSSR count). The fourth-order valence-electron chi connectivity index (χ4n) is 2.24. The molecule has 0 bridgehead atoms. The lowest BCUT2D eigenvalue weighted by atomic mass is 9.99. The second kappa shape index (κ2) is 4.14. The molecular formula is C15H8ClF3. The van der Waals surface area contributed by atoms with E-state index in [9.17, 15) is 13.2 Å². The predicted molar refractivity (Wildman–Crippen MR) is 71.5 cm³/mol. The predicted octanol–water partition coefficient (Wildman–Crippen LogP) is 5.67. The Bertz CT molecular complexity index is 775. The molecule has 0 saturated heterocycles. The van der Waals surface area contributed by atoms with Gasteiger partial charge in [0, 0.05) is 5.02 Å². The van der Waals surface area contributed by atoms with E-state index in [1.54, 1.807) is 36.4 Å². The highest BCUT2D eigenvalue weighted by atomic mass is 35.5. The van der Waals surface area contributed by atoms with Gasteiger partial charge in [0.1, 0.15) is 0 Å². The van der Waals surface area contributed by atoms with E-state index in [0.717, 1.165) is 11.5 Å². The molecule has 0 spiro atoms. The van der Waals surface area contributed by atoms with Gasteiger partial charge in [0.15, 0.2) is 0 Å². The van der Waals surface area contributed by atoms with Crippen molar-refractivity contribution >= 4 is 33.1 Å². The van der Waals surface area contributed by atoms with Gasteiger partial charge in [-0.1, -0.05) is 29.8 Å². The molecule has 19 heavy (non-hydrogen) atoms. The van der Waals surface area contributed by atoms with Crippen LogP contribution >= 0.6 is 11.6 Å². The Morgan fingerprint density at radius 1 is 0.789 bits per heavy atom. The SMILES string of the molecule is FC(F)(F)c1cccc2cc3ccc(Cl)cc3cc12. The minimum atomic E-state index is -4.36. The van der Waals surface area contributed by atoms with Crippen LogP contribution in [0.1, 0.15) is 5.56 Å².